The summed E-state index contributed by atoms with van der Waals surface area (Å²) in [6.07, 6.45) is 0.640. The maximum atomic E-state index is 11.2. The molecule has 98 valence electrons. The molecule has 7 heteroatoms. The number of nitrogens with zero attached hydrogens (tertiary/aromatic N) is 2. The van der Waals surface area contributed by atoms with E-state index < -0.39 is 5.97 Å². The molecule has 0 aromatic carbocycles. The van der Waals surface area contributed by atoms with Crippen LogP contribution in [-0.2, 0) is 0 Å². The molecular weight excluding hydrogens is 274 g/mol. The molecule has 1 aliphatic rings. The first kappa shape index (κ1) is 13.3. The summed E-state index contributed by atoms with van der Waals surface area (Å²) in [4.78, 5) is 15.4. The van der Waals surface area contributed by atoms with Gasteiger partial charge < -0.3 is 15.4 Å². The smallest absolute Gasteiger partial charge is 0.348 e. The highest BCUT2D eigenvalue weighted by atomic mass is 35.5. The first-order valence-corrected chi connectivity index (χ1v) is 6.61. The number of carbonyl (C=O) groups is 1. The molecule has 1 atom stereocenters. The van der Waals surface area contributed by atoms with Crippen molar-refractivity contribution >= 4 is 40.3 Å². The van der Waals surface area contributed by atoms with E-state index >= 15 is 0 Å². The number of hydrogen-bond donors (Lipinski definition) is 2. The highest BCUT2D eigenvalue weighted by molar-refractivity contribution is 7.18. The zero-order valence-corrected chi connectivity index (χ0v) is 11.7. The second-order valence-corrected chi connectivity index (χ2v) is 6.13. The third kappa shape index (κ3) is 2.36. The molecule has 1 unspecified atom stereocenters. The van der Waals surface area contributed by atoms with Crippen molar-refractivity contribution in [2.24, 2.45) is 0 Å². The van der Waals surface area contributed by atoms with Gasteiger partial charge in [-0.3, -0.25) is 4.90 Å². The molecule has 18 heavy (non-hydrogen) atoms. The van der Waals surface area contributed by atoms with Gasteiger partial charge in [0.25, 0.3) is 0 Å². The minimum Gasteiger partial charge on any atom is -0.477 e. The Balaban J connectivity index is 2.41. The highest BCUT2D eigenvalue weighted by Gasteiger charge is 2.33. The van der Waals surface area contributed by atoms with Gasteiger partial charge in [0, 0.05) is 12.1 Å². The van der Waals surface area contributed by atoms with Crippen molar-refractivity contribution in [1.82, 2.24) is 4.90 Å². The molecule has 1 aromatic rings. The molecule has 1 saturated heterocycles. The van der Waals surface area contributed by atoms with Gasteiger partial charge >= 0.3 is 5.97 Å². The van der Waals surface area contributed by atoms with Crippen molar-refractivity contribution in [3.63, 3.8) is 0 Å². The number of carboxylic acids is 1. The van der Waals surface area contributed by atoms with Gasteiger partial charge in [-0.1, -0.05) is 11.6 Å². The Morgan fingerprint density at radius 1 is 1.67 bits per heavy atom. The number of halogens is 1. The van der Waals surface area contributed by atoms with E-state index in [1.165, 1.54) is 0 Å². The summed E-state index contributed by atoms with van der Waals surface area (Å²) < 4.78 is 0.457. The van der Waals surface area contributed by atoms with Gasteiger partial charge in [-0.2, -0.15) is 0 Å². The number of carboxylic acid groups (broad SMARTS) is 1. The first-order valence-electron chi connectivity index (χ1n) is 5.42. The number of rotatable bonds is 3. The fourth-order valence-corrected chi connectivity index (χ4v) is 3.20. The Morgan fingerprint density at radius 3 is 2.89 bits per heavy atom. The van der Waals surface area contributed by atoms with Crippen molar-refractivity contribution in [3.05, 3.63) is 15.3 Å². The summed E-state index contributed by atoms with van der Waals surface area (Å²) in [5, 5.41) is 17.0. The van der Waals surface area contributed by atoms with Crippen molar-refractivity contribution in [2.75, 3.05) is 25.5 Å². The molecule has 2 heterocycles. The fraction of sp³-hybridized carbons (Fsp3) is 0.455. The standard InChI is InChI=1S/C11H14ClN3O2S/c1-14(2)9-3-6(13)5-15(9)7-4-8(12)18-10(7)11(16)17/h4,9,13H,3,5H2,1-2H3,(H,16,17). The number of aromatic carboxylic acids is 1. The summed E-state index contributed by atoms with van der Waals surface area (Å²) in [7, 11) is 3.84. The molecule has 1 aliphatic heterocycles. The molecule has 0 bridgehead atoms. The van der Waals surface area contributed by atoms with Gasteiger partial charge in [-0.25, -0.2) is 4.79 Å². The number of nitrogens with one attached hydrogen (secondary N) is 1. The summed E-state index contributed by atoms with van der Waals surface area (Å²) in [5.74, 6) is -0.974. The molecule has 1 aromatic heterocycles. The highest BCUT2D eigenvalue weighted by Crippen LogP contribution is 2.36. The lowest BCUT2D eigenvalue weighted by molar-refractivity contribution is 0.0702. The van der Waals surface area contributed by atoms with E-state index in [2.05, 4.69) is 0 Å². The van der Waals surface area contributed by atoms with Crippen LogP contribution in [0.3, 0.4) is 0 Å². The molecule has 5 nitrogen and oxygen atoms in total. The summed E-state index contributed by atoms with van der Waals surface area (Å²) in [5.41, 5.74) is 1.21. The average Bonchev–Trinajstić information content (AvgIpc) is 2.81. The Bertz CT molecular complexity index is 500. The van der Waals surface area contributed by atoms with Gasteiger partial charge in [0.15, 0.2) is 0 Å². The molecule has 1 fully saturated rings. The number of thiophene rings is 1. The van der Waals surface area contributed by atoms with E-state index in [-0.39, 0.29) is 11.0 Å². The Morgan fingerprint density at radius 2 is 2.33 bits per heavy atom. The van der Waals surface area contributed by atoms with Gasteiger partial charge in [0.05, 0.1) is 22.7 Å². The van der Waals surface area contributed by atoms with E-state index in [1.54, 1.807) is 6.07 Å². The van der Waals surface area contributed by atoms with E-state index in [9.17, 15) is 9.90 Å². The van der Waals surface area contributed by atoms with Crippen molar-refractivity contribution < 1.29 is 9.90 Å². The SMILES string of the molecule is CN(C)C1CC(=N)CN1c1cc(Cl)sc1C(=O)O. The van der Waals surface area contributed by atoms with Crippen LogP contribution in [0.5, 0.6) is 0 Å². The predicted molar refractivity (Wildman–Crippen MR) is 73.5 cm³/mol. The lowest BCUT2D eigenvalue weighted by Crippen LogP contribution is -2.40. The first-order chi connectivity index (χ1) is 8.40. The van der Waals surface area contributed by atoms with Crippen LogP contribution >= 0.6 is 22.9 Å². The van der Waals surface area contributed by atoms with Crippen LogP contribution < -0.4 is 4.90 Å². The minimum atomic E-state index is -0.974. The van der Waals surface area contributed by atoms with Gasteiger partial charge in [0.2, 0.25) is 0 Å². The Labute approximate surface area is 114 Å². The predicted octanol–water partition coefficient (Wildman–Crippen LogP) is 2.22. The van der Waals surface area contributed by atoms with Crippen LogP contribution in [0.2, 0.25) is 4.34 Å². The van der Waals surface area contributed by atoms with Crippen LogP contribution in [0.25, 0.3) is 0 Å². The zero-order valence-electron chi connectivity index (χ0n) is 10.1. The van der Waals surface area contributed by atoms with Crippen molar-refractivity contribution in [3.8, 4) is 0 Å². The Kier molecular flexibility index (Phi) is 3.61. The average molecular weight is 288 g/mol. The number of anilines is 1. The quantitative estimate of drug-likeness (QED) is 0.894. The zero-order chi connectivity index (χ0) is 13.4. The van der Waals surface area contributed by atoms with Gasteiger partial charge in [0.1, 0.15) is 4.88 Å². The second-order valence-electron chi connectivity index (χ2n) is 4.45. The van der Waals surface area contributed by atoms with Gasteiger partial charge in [-0.15, -0.1) is 11.3 Å². The van der Waals surface area contributed by atoms with E-state index in [0.29, 0.717) is 28.7 Å². The molecule has 2 rings (SSSR count). The van der Waals surface area contributed by atoms with Gasteiger partial charge in [-0.05, 0) is 20.2 Å². The molecule has 0 saturated carbocycles. The molecule has 0 aliphatic carbocycles. The normalized spacial score (nSPS) is 19.9. The maximum absolute atomic E-state index is 11.2. The molecule has 2 N–H and O–H groups in total. The van der Waals surface area contributed by atoms with Crippen LogP contribution in [0.4, 0.5) is 5.69 Å². The van der Waals surface area contributed by atoms with Crippen LogP contribution in [0.15, 0.2) is 6.07 Å². The molecular formula is C11H14ClN3O2S. The van der Waals surface area contributed by atoms with Crippen LogP contribution in [0, 0.1) is 5.41 Å². The summed E-state index contributed by atoms with van der Waals surface area (Å²) in [6.45, 7) is 0.455. The summed E-state index contributed by atoms with van der Waals surface area (Å²) >= 11 is 6.97. The fourth-order valence-electron chi connectivity index (χ4n) is 2.13. The van der Waals surface area contributed by atoms with Crippen LogP contribution in [0.1, 0.15) is 16.1 Å². The minimum absolute atomic E-state index is 0.0151. The second kappa shape index (κ2) is 4.87. The third-order valence-electron chi connectivity index (χ3n) is 2.93. The topological polar surface area (TPSA) is 67.6 Å². The third-order valence-corrected chi connectivity index (χ3v) is 4.17. The van der Waals surface area contributed by atoms with Crippen molar-refractivity contribution in [2.45, 2.75) is 12.6 Å². The summed E-state index contributed by atoms with van der Waals surface area (Å²) in [6, 6.07) is 1.67. The van der Waals surface area contributed by atoms with Crippen LogP contribution in [-0.4, -0.2) is 48.5 Å². The van der Waals surface area contributed by atoms with E-state index in [1.807, 2.05) is 23.9 Å². The molecule has 0 spiro atoms. The monoisotopic (exact) mass is 287 g/mol. The molecule has 0 amide bonds. The van der Waals surface area contributed by atoms with Crippen molar-refractivity contribution in [1.29, 1.82) is 5.41 Å². The van der Waals surface area contributed by atoms with E-state index in [4.69, 9.17) is 17.0 Å². The lowest BCUT2D eigenvalue weighted by atomic mass is 10.3. The van der Waals surface area contributed by atoms with E-state index in [0.717, 1.165) is 11.3 Å². The lowest BCUT2D eigenvalue weighted by Gasteiger charge is -2.30. The number of hydrogen-bond acceptors (Lipinski definition) is 5. The molecule has 0 radical (unpaired) electrons. The largest absolute Gasteiger partial charge is 0.477 e. The maximum Gasteiger partial charge on any atom is 0.348 e. The Hall–Kier alpha value is -1.11.